The van der Waals surface area contributed by atoms with Gasteiger partial charge in [-0.1, -0.05) is 0 Å². The Morgan fingerprint density at radius 2 is 1.68 bits per heavy atom. The van der Waals surface area contributed by atoms with Crippen LogP contribution in [0.15, 0.2) is 18.5 Å². The molecule has 2 aromatic rings. The van der Waals surface area contributed by atoms with Crippen molar-refractivity contribution in [2.75, 3.05) is 33.7 Å². The van der Waals surface area contributed by atoms with E-state index in [2.05, 4.69) is 24.3 Å². The average molecular weight is 440 g/mol. The van der Waals surface area contributed by atoms with Crippen LogP contribution >= 0.6 is 0 Å². The summed E-state index contributed by atoms with van der Waals surface area (Å²) in [5.41, 5.74) is 6.73. The van der Waals surface area contributed by atoms with Crippen molar-refractivity contribution in [2.45, 2.75) is 24.4 Å². The summed E-state index contributed by atoms with van der Waals surface area (Å²) >= 11 is 0. The monoisotopic (exact) mass is 440 g/mol. The van der Waals surface area contributed by atoms with Gasteiger partial charge in [0.25, 0.3) is 0 Å². The number of aromatic nitrogens is 3. The molecule has 3 rings (SSSR count). The zero-order chi connectivity index (χ0) is 22.5. The summed E-state index contributed by atoms with van der Waals surface area (Å²) in [7, 11) is 3.34. The van der Waals surface area contributed by atoms with Crippen LogP contribution in [0, 0.1) is 0 Å². The first-order valence-electron chi connectivity index (χ1n) is 8.83. The molecule has 1 saturated heterocycles. The smallest absolute Gasteiger partial charge is 0.438 e. The van der Waals surface area contributed by atoms with Gasteiger partial charge in [0.1, 0.15) is 30.7 Å². The van der Waals surface area contributed by atoms with Crippen LogP contribution in [0.1, 0.15) is 11.8 Å². The second-order valence-corrected chi connectivity index (χ2v) is 6.13. The molecule has 0 bridgehead atoms. The summed E-state index contributed by atoms with van der Waals surface area (Å²) in [6.45, 7) is -0.383. The fourth-order valence-electron chi connectivity index (χ4n) is 3.09. The van der Waals surface area contributed by atoms with Gasteiger partial charge in [0.15, 0.2) is 18.0 Å². The summed E-state index contributed by atoms with van der Waals surface area (Å²) in [5, 5.41) is 4.13. The summed E-state index contributed by atoms with van der Waals surface area (Å²) in [4.78, 5) is 39.0. The number of ether oxygens (including phenoxy) is 7. The lowest BCUT2D eigenvalue weighted by atomic mass is 10.1. The Hall–Kier alpha value is -3.81. The number of fused-ring (bicyclic) bond motifs is 1. The molecule has 0 unspecified atom stereocenters. The molecule has 0 radical (unpaired) electrons. The molecule has 4 atom stereocenters. The molecule has 31 heavy (non-hydrogen) atoms. The number of hydrogen-bond acceptors (Lipinski definition) is 13. The van der Waals surface area contributed by atoms with Gasteiger partial charge in [0.2, 0.25) is 0 Å². The van der Waals surface area contributed by atoms with Crippen LogP contribution in [0.25, 0.3) is 5.52 Å². The number of carbonyl (C=O) groups excluding carboxylic acids is 3. The van der Waals surface area contributed by atoms with Gasteiger partial charge in [-0.05, 0) is 12.1 Å². The zero-order valence-corrected chi connectivity index (χ0v) is 16.8. The number of hydrogen-bond donors (Lipinski definition) is 1. The van der Waals surface area contributed by atoms with Crippen LogP contribution in [0.4, 0.5) is 20.2 Å². The van der Waals surface area contributed by atoms with Gasteiger partial charge >= 0.3 is 18.5 Å². The second kappa shape index (κ2) is 9.34. The van der Waals surface area contributed by atoms with E-state index in [9.17, 15) is 14.4 Å². The maximum Gasteiger partial charge on any atom is 0.508 e. The molecular weight excluding hydrogens is 420 g/mol. The number of anilines is 1. The fraction of sp³-hybridized carbons (Fsp3) is 0.471. The summed E-state index contributed by atoms with van der Waals surface area (Å²) < 4.78 is 36.4. The molecule has 2 aromatic heterocycles. The Kier molecular flexibility index (Phi) is 6.59. The molecule has 0 saturated carbocycles. The third-order valence-corrected chi connectivity index (χ3v) is 4.44. The molecular formula is C17H20N4O10. The van der Waals surface area contributed by atoms with Gasteiger partial charge in [0, 0.05) is 0 Å². The Balaban J connectivity index is 1.99. The van der Waals surface area contributed by atoms with Crippen LogP contribution in [0.2, 0.25) is 0 Å². The predicted molar refractivity (Wildman–Crippen MR) is 97.9 cm³/mol. The molecule has 1 aliphatic rings. The lowest BCUT2D eigenvalue weighted by Crippen LogP contribution is -2.40. The Bertz CT molecular complexity index is 964. The Morgan fingerprint density at radius 3 is 2.32 bits per heavy atom. The number of methoxy groups -OCH3 is 3. The Labute approximate surface area is 175 Å². The highest BCUT2D eigenvalue weighted by molar-refractivity contribution is 5.66. The third kappa shape index (κ3) is 4.53. The van der Waals surface area contributed by atoms with Gasteiger partial charge in [-0.15, -0.1) is 0 Å². The molecule has 14 nitrogen and oxygen atoms in total. The van der Waals surface area contributed by atoms with Crippen LogP contribution in [0.3, 0.4) is 0 Å². The van der Waals surface area contributed by atoms with Gasteiger partial charge < -0.3 is 38.9 Å². The van der Waals surface area contributed by atoms with Crippen LogP contribution in [-0.2, 0) is 33.2 Å². The van der Waals surface area contributed by atoms with E-state index in [0.29, 0.717) is 11.2 Å². The molecule has 14 heteroatoms. The molecule has 0 aromatic carbocycles. The summed E-state index contributed by atoms with van der Waals surface area (Å²) in [5.74, 6) is 0.206. The fourth-order valence-corrected chi connectivity index (χ4v) is 3.09. The minimum atomic E-state index is -1.23. The molecule has 1 fully saturated rings. The maximum absolute atomic E-state index is 11.9. The number of rotatable bonds is 5. The topological polar surface area (TPSA) is 172 Å². The lowest BCUT2D eigenvalue weighted by Gasteiger charge is -2.23. The van der Waals surface area contributed by atoms with Crippen LogP contribution < -0.4 is 5.73 Å². The molecule has 0 amide bonds. The summed E-state index contributed by atoms with van der Waals surface area (Å²) in [6, 6.07) is 3.26. The van der Waals surface area contributed by atoms with Crippen LogP contribution in [-0.4, -0.2) is 79.3 Å². The SMILES string of the molecule is COC(=O)OC[C@H]1O[C@@H](c2ccc3c(N)ncnn23)[C@H](OC(=O)OC)[C@@H]1OC(=O)OC. The van der Waals surface area contributed by atoms with E-state index in [1.807, 2.05) is 0 Å². The minimum absolute atomic E-state index is 0.206. The van der Waals surface area contributed by atoms with Crippen molar-refractivity contribution in [3.8, 4) is 0 Å². The number of nitrogen functional groups attached to an aromatic ring is 1. The van der Waals surface area contributed by atoms with E-state index in [4.69, 9.17) is 24.7 Å². The number of nitrogens with zero attached hydrogens (tertiary/aromatic N) is 3. The highest BCUT2D eigenvalue weighted by atomic mass is 16.8. The normalized spacial score (nSPS) is 22.5. The molecule has 2 N–H and O–H groups in total. The highest BCUT2D eigenvalue weighted by Gasteiger charge is 2.52. The van der Waals surface area contributed by atoms with E-state index >= 15 is 0 Å². The number of nitrogens with two attached hydrogens (primary N) is 1. The number of carbonyl (C=O) groups is 3. The third-order valence-electron chi connectivity index (χ3n) is 4.44. The molecule has 168 valence electrons. The van der Waals surface area contributed by atoms with Gasteiger partial charge in [-0.2, -0.15) is 5.10 Å². The summed E-state index contributed by atoms with van der Waals surface area (Å²) in [6.07, 6.45) is -6.39. The molecule has 1 aliphatic heterocycles. The van der Waals surface area contributed by atoms with E-state index in [1.54, 1.807) is 12.1 Å². The van der Waals surface area contributed by atoms with Crippen molar-refractivity contribution >= 4 is 29.8 Å². The van der Waals surface area contributed by atoms with Crippen molar-refractivity contribution in [2.24, 2.45) is 0 Å². The first kappa shape index (κ1) is 21.9. The van der Waals surface area contributed by atoms with Crippen molar-refractivity contribution < 1.29 is 47.5 Å². The quantitative estimate of drug-likeness (QED) is 0.512. The molecule has 3 heterocycles. The van der Waals surface area contributed by atoms with Crippen molar-refractivity contribution in [1.29, 1.82) is 0 Å². The largest absolute Gasteiger partial charge is 0.508 e. The van der Waals surface area contributed by atoms with E-state index < -0.39 is 42.9 Å². The van der Waals surface area contributed by atoms with Crippen LogP contribution in [0.5, 0.6) is 0 Å². The van der Waals surface area contributed by atoms with E-state index in [-0.39, 0.29) is 12.4 Å². The maximum atomic E-state index is 11.9. The van der Waals surface area contributed by atoms with Gasteiger partial charge in [-0.25, -0.2) is 23.9 Å². The highest BCUT2D eigenvalue weighted by Crippen LogP contribution is 2.38. The first-order valence-corrected chi connectivity index (χ1v) is 8.83. The van der Waals surface area contributed by atoms with E-state index in [1.165, 1.54) is 10.8 Å². The van der Waals surface area contributed by atoms with Crippen molar-refractivity contribution in [1.82, 2.24) is 14.6 Å². The van der Waals surface area contributed by atoms with Crippen molar-refractivity contribution in [3.63, 3.8) is 0 Å². The van der Waals surface area contributed by atoms with Gasteiger partial charge in [-0.3, -0.25) is 0 Å². The zero-order valence-electron chi connectivity index (χ0n) is 16.8. The van der Waals surface area contributed by atoms with Gasteiger partial charge in [0.05, 0.1) is 27.0 Å². The molecule has 0 spiro atoms. The predicted octanol–water partition coefficient (Wildman–Crippen LogP) is 0.838. The Morgan fingerprint density at radius 1 is 1.03 bits per heavy atom. The average Bonchev–Trinajstić information content (AvgIpc) is 3.34. The second-order valence-electron chi connectivity index (χ2n) is 6.13. The van der Waals surface area contributed by atoms with Crippen molar-refractivity contribution in [3.05, 3.63) is 24.2 Å². The first-order chi connectivity index (χ1) is 14.9. The lowest BCUT2D eigenvalue weighted by molar-refractivity contribution is -0.0554. The van der Waals surface area contributed by atoms with E-state index in [0.717, 1.165) is 21.3 Å². The molecule has 0 aliphatic carbocycles. The minimum Gasteiger partial charge on any atom is -0.438 e. The standard InChI is InChI=1S/C17H20N4O10/c1-25-15(22)28-6-10-12(30-16(23)26-2)13(31-17(24)27-3)11(29-10)8-4-5-9-14(18)19-7-20-21(8)9/h4-5,7,10-13H,6H2,1-3H3,(H2,18,19,20)/t10-,11+,12-,13+/m1/s1.